The summed E-state index contributed by atoms with van der Waals surface area (Å²) in [5.74, 6) is 6.97. The molecule has 1 aromatic rings. The summed E-state index contributed by atoms with van der Waals surface area (Å²) in [6.45, 7) is 5.37. The summed E-state index contributed by atoms with van der Waals surface area (Å²) >= 11 is 6.23. The summed E-state index contributed by atoms with van der Waals surface area (Å²) in [4.78, 5) is 6.92. The van der Waals surface area contributed by atoms with Gasteiger partial charge in [-0.25, -0.2) is 10.8 Å². The van der Waals surface area contributed by atoms with E-state index in [9.17, 15) is 0 Å². The lowest BCUT2D eigenvalue weighted by atomic mass is 9.96. The van der Waals surface area contributed by atoms with Crippen LogP contribution in [0.15, 0.2) is 12.1 Å². The molecule has 1 aliphatic heterocycles. The van der Waals surface area contributed by atoms with Crippen LogP contribution in [0.2, 0.25) is 5.02 Å². The molecular formula is C15H25ClN4. The zero-order chi connectivity index (χ0) is 14.4. The summed E-state index contributed by atoms with van der Waals surface area (Å²) in [6.07, 6.45) is 6.58. The smallest absolute Gasteiger partial charge is 0.140 e. The molecule has 0 saturated carbocycles. The number of nitrogen functional groups attached to an aromatic ring is 1. The van der Waals surface area contributed by atoms with E-state index in [1.54, 1.807) is 6.07 Å². The first-order chi connectivity index (χ1) is 9.72. The first kappa shape index (κ1) is 15.5. The minimum atomic E-state index is 0.670. The Morgan fingerprint density at radius 1 is 1.40 bits per heavy atom. The van der Waals surface area contributed by atoms with E-state index in [2.05, 4.69) is 22.2 Å². The highest BCUT2D eigenvalue weighted by atomic mass is 35.5. The van der Waals surface area contributed by atoms with Crippen molar-refractivity contribution in [2.24, 2.45) is 11.8 Å². The number of aromatic nitrogens is 1. The van der Waals surface area contributed by atoms with Crippen LogP contribution in [-0.4, -0.2) is 23.0 Å². The summed E-state index contributed by atoms with van der Waals surface area (Å²) < 4.78 is 0. The number of halogens is 1. The van der Waals surface area contributed by atoms with E-state index in [1.807, 2.05) is 6.07 Å². The molecule has 0 radical (unpaired) electrons. The van der Waals surface area contributed by atoms with Crippen LogP contribution in [0.3, 0.4) is 0 Å². The van der Waals surface area contributed by atoms with Gasteiger partial charge >= 0.3 is 0 Å². The molecule has 112 valence electrons. The molecule has 0 amide bonds. The Kier molecular flexibility index (Phi) is 6.07. The number of pyridine rings is 1. The topological polar surface area (TPSA) is 54.2 Å². The quantitative estimate of drug-likeness (QED) is 0.646. The van der Waals surface area contributed by atoms with E-state index in [0.29, 0.717) is 5.82 Å². The van der Waals surface area contributed by atoms with Crippen molar-refractivity contribution in [2.75, 3.05) is 18.5 Å². The molecule has 0 aromatic carbocycles. The molecule has 2 heterocycles. The largest absolute Gasteiger partial charge is 0.308 e. The number of likely N-dealkylation sites (tertiary alicyclic amines) is 1. The molecule has 1 unspecified atom stereocenters. The molecule has 3 N–H and O–H groups in total. The van der Waals surface area contributed by atoms with Gasteiger partial charge < -0.3 is 5.43 Å². The van der Waals surface area contributed by atoms with Crippen molar-refractivity contribution in [1.29, 1.82) is 0 Å². The van der Waals surface area contributed by atoms with Crippen LogP contribution in [0, 0.1) is 5.92 Å². The van der Waals surface area contributed by atoms with Gasteiger partial charge in [0.25, 0.3) is 0 Å². The van der Waals surface area contributed by atoms with Crippen LogP contribution in [0.4, 0.5) is 5.82 Å². The first-order valence-corrected chi connectivity index (χ1v) is 7.95. The molecule has 20 heavy (non-hydrogen) atoms. The van der Waals surface area contributed by atoms with Gasteiger partial charge in [0.15, 0.2) is 0 Å². The number of hydrogen-bond acceptors (Lipinski definition) is 4. The van der Waals surface area contributed by atoms with Crippen molar-refractivity contribution in [3.8, 4) is 0 Å². The maximum absolute atomic E-state index is 6.23. The van der Waals surface area contributed by atoms with Gasteiger partial charge in [-0.05, 0) is 50.4 Å². The maximum Gasteiger partial charge on any atom is 0.140 e. The highest BCUT2D eigenvalue weighted by Crippen LogP contribution is 2.24. The third kappa shape index (κ3) is 4.33. The fourth-order valence-electron chi connectivity index (χ4n) is 2.97. The van der Waals surface area contributed by atoms with Gasteiger partial charge in [-0.2, -0.15) is 0 Å². The third-order valence-corrected chi connectivity index (χ3v) is 4.42. The predicted molar refractivity (Wildman–Crippen MR) is 84.6 cm³/mol. The maximum atomic E-state index is 6.23. The molecular weight excluding hydrogens is 272 g/mol. The number of nitrogens with one attached hydrogen (secondary N) is 1. The molecule has 1 aliphatic rings. The van der Waals surface area contributed by atoms with Crippen molar-refractivity contribution >= 4 is 17.4 Å². The SMILES string of the molecule is CCCC1CCCN(Cc2nc(NN)ccc2Cl)CC1. The highest BCUT2D eigenvalue weighted by molar-refractivity contribution is 6.31. The number of nitrogens with two attached hydrogens (primary N) is 1. The molecule has 2 rings (SSSR count). The molecule has 0 spiro atoms. The van der Waals surface area contributed by atoms with E-state index in [-0.39, 0.29) is 0 Å². The van der Waals surface area contributed by atoms with Gasteiger partial charge in [0, 0.05) is 6.54 Å². The van der Waals surface area contributed by atoms with Gasteiger partial charge in [0.1, 0.15) is 5.82 Å². The van der Waals surface area contributed by atoms with E-state index < -0.39 is 0 Å². The third-order valence-electron chi connectivity index (χ3n) is 4.08. The Morgan fingerprint density at radius 2 is 2.25 bits per heavy atom. The Balaban J connectivity index is 1.96. The van der Waals surface area contributed by atoms with Crippen LogP contribution in [0.25, 0.3) is 0 Å². The predicted octanol–water partition coefficient (Wildman–Crippen LogP) is 3.42. The molecule has 1 saturated heterocycles. The molecule has 0 bridgehead atoms. The second-order valence-electron chi connectivity index (χ2n) is 5.63. The number of hydrogen-bond donors (Lipinski definition) is 2. The lowest BCUT2D eigenvalue weighted by Crippen LogP contribution is -2.25. The van der Waals surface area contributed by atoms with Crippen LogP contribution in [0.5, 0.6) is 0 Å². The fourth-order valence-corrected chi connectivity index (χ4v) is 3.13. The Bertz CT molecular complexity index is 424. The van der Waals surface area contributed by atoms with Crippen LogP contribution in [-0.2, 0) is 6.54 Å². The highest BCUT2D eigenvalue weighted by Gasteiger charge is 2.17. The number of rotatable bonds is 5. The minimum Gasteiger partial charge on any atom is -0.308 e. The van der Waals surface area contributed by atoms with Crippen LogP contribution in [0.1, 0.15) is 44.7 Å². The molecule has 5 heteroatoms. The van der Waals surface area contributed by atoms with Gasteiger partial charge in [-0.3, -0.25) is 4.90 Å². The summed E-state index contributed by atoms with van der Waals surface area (Å²) in [6, 6.07) is 3.66. The van der Waals surface area contributed by atoms with Gasteiger partial charge in [0.05, 0.1) is 10.7 Å². The van der Waals surface area contributed by atoms with Crippen LogP contribution < -0.4 is 11.3 Å². The Morgan fingerprint density at radius 3 is 3.00 bits per heavy atom. The van der Waals surface area contributed by atoms with Crippen LogP contribution >= 0.6 is 11.6 Å². The molecule has 1 fully saturated rings. The lowest BCUT2D eigenvalue weighted by molar-refractivity contribution is 0.268. The Labute approximate surface area is 126 Å². The van der Waals surface area contributed by atoms with Gasteiger partial charge in [-0.1, -0.05) is 31.4 Å². The summed E-state index contributed by atoms with van der Waals surface area (Å²) in [5, 5.41) is 0.721. The summed E-state index contributed by atoms with van der Waals surface area (Å²) in [7, 11) is 0. The van der Waals surface area contributed by atoms with E-state index in [1.165, 1.54) is 32.1 Å². The van der Waals surface area contributed by atoms with Crippen molar-refractivity contribution in [1.82, 2.24) is 9.88 Å². The standard InChI is InChI=1S/C15H25ClN4/c1-2-4-12-5-3-9-20(10-8-12)11-14-13(16)6-7-15(18-14)19-17/h6-7,12H,2-5,8-11,17H2,1H3,(H,18,19). The second kappa shape index (κ2) is 7.81. The second-order valence-corrected chi connectivity index (χ2v) is 6.04. The van der Waals surface area contributed by atoms with Crippen molar-refractivity contribution in [3.05, 3.63) is 22.8 Å². The van der Waals surface area contributed by atoms with E-state index in [0.717, 1.165) is 36.3 Å². The fraction of sp³-hybridized carbons (Fsp3) is 0.667. The number of anilines is 1. The van der Waals surface area contributed by atoms with Crippen molar-refractivity contribution in [3.63, 3.8) is 0 Å². The average Bonchev–Trinajstić information content (AvgIpc) is 2.67. The normalized spacial score (nSPS) is 20.6. The zero-order valence-electron chi connectivity index (χ0n) is 12.2. The van der Waals surface area contributed by atoms with E-state index >= 15 is 0 Å². The molecule has 1 atom stereocenters. The Hall–Kier alpha value is -0.840. The first-order valence-electron chi connectivity index (χ1n) is 7.57. The van der Waals surface area contributed by atoms with Gasteiger partial charge in [0.2, 0.25) is 0 Å². The summed E-state index contributed by atoms with van der Waals surface area (Å²) in [5.41, 5.74) is 3.49. The van der Waals surface area contributed by atoms with E-state index in [4.69, 9.17) is 17.4 Å². The molecule has 1 aromatic heterocycles. The monoisotopic (exact) mass is 296 g/mol. The molecule has 0 aliphatic carbocycles. The lowest BCUT2D eigenvalue weighted by Gasteiger charge is -2.20. The zero-order valence-corrected chi connectivity index (χ0v) is 13.0. The molecule has 4 nitrogen and oxygen atoms in total. The number of nitrogens with zero attached hydrogens (tertiary/aromatic N) is 2. The van der Waals surface area contributed by atoms with Crippen molar-refractivity contribution < 1.29 is 0 Å². The van der Waals surface area contributed by atoms with Crippen molar-refractivity contribution in [2.45, 2.75) is 45.6 Å². The average molecular weight is 297 g/mol. The minimum absolute atomic E-state index is 0.670. The number of hydrazine groups is 1. The van der Waals surface area contributed by atoms with Gasteiger partial charge in [-0.15, -0.1) is 0 Å².